The third kappa shape index (κ3) is 3.17. The molecule has 1 unspecified atom stereocenters. The molecule has 0 spiro atoms. The second kappa shape index (κ2) is 4.82. The molecule has 0 bridgehead atoms. The zero-order valence-corrected chi connectivity index (χ0v) is 10.5. The molecule has 102 valence electrons. The van der Waals surface area contributed by atoms with Crippen molar-refractivity contribution in [3.63, 3.8) is 0 Å². The third-order valence-electron chi connectivity index (χ3n) is 3.18. The van der Waals surface area contributed by atoms with Crippen LogP contribution in [0, 0.1) is 12.8 Å². The lowest BCUT2D eigenvalue weighted by Crippen LogP contribution is -2.34. The highest BCUT2D eigenvalue weighted by Gasteiger charge is 2.31. The molecular weight excluding hydrogens is 245 g/mol. The minimum Gasteiger partial charge on any atom is -0.429 e. The van der Waals surface area contributed by atoms with Gasteiger partial charge in [-0.05, 0) is 25.7 Å². The smallest absolute Gasteiger partial charge is 0.394 e. The first-order valence-corrected chi connectivity index (χ1v) is 6.13. The van der Waals surface area contributed by atoms with E-state index in [0.29, 0.717) is 11.9 Å². The molecule has 1 aliphatic heterocycles. The van der Waals surface area contributed by atoms with Crippen LogP contribution in [0.5, 0.6) is 0 Å². The van der Waals surface area contributed by atoms with Crippen molar-refractivity contribution in [1.29, 1.82) is 0 Å². The standard InChI is InChI=1S/C12H17F3N2O/c1-8-4-3-5-17(7-8)11-16-10(9(2)18-11)6-12(13,14)15/h8H,3-7H2,1-2H3. The molecule has 18 heavy (non-hydrogen) atoms. The lowest BCUT2D eigenvalue weighted by molar-refractivity contribution is -0.128. The fraction of sp³-hybridized carbons (Fsp3) is 0.750. The van der Waals surface area contributed by atoms with Crippen LogP contribution in [-0.4, -0.2) is 24.2 Å². The topological polar surface area (TPSA) is 29.3 Å². The van der Waals surface area contributed by atoms with Gasteiger partial charge in [-0.25, -0.2) is 0 Å². The molecule has 0 N–H and O–H groups in total. The molecule has 0 aromatic carbocycles. The molecule has 1 aromatic heterocycles. The molecule has 1 saturated heterocycles. The Morgan fingerprint density at radius 2 is 2.17 bits per heavy atom. The van der Waals surface area contributed by atoms with Crippen LogP contribution < -0.4 is 4.90 Å². The van der Waals surface area contributed by atoms with Gasteiger partial charge in [0.05, 0.1) is 12.1 Å². The van der Waals surface area contributed by atoms with Gasteiger partial charge in [-0.2, -0.15) is 18.2 Å². The second-order valence-corrected chi connectivity index (χ2v) is 4.98. The van der Waals surface area contributed by atoms with Crippen LogP contribution >= 0.6 is 0 Å². The number of hydrogen-bond donors (Lipinski definition) is 0. The fourth-order valence-corrected chi connectivity index (χ4v) is 2.27. The van der Waals surface area contributed by atoms with E-state index in [9.17, 15) is 13.2 Å². The minimum atomic E-state index is -4.24. The number of rotatable bonds is 2. The molecule has 1 fully saturated rings. The molecule has 0 saturated carbocycles. The van der Waals surface area contributed by atoms with Gasteiger partial charge in [0, 0.05) is 13.1 Å². The van der Waals surface area contributed by atoms with Gasteiger partial charge in [-0.3, -0.25) is 0 Å². The fourth-order valence-electron chi connectivity index (χ4n) is 2.27. The largest absolute Gasteiger partial charge is 0.429 e. The van der Waals surface area contributed by atoms with E-state index in [0.717, 1.165) is 25.9 Å². The van der Waals surface area contributed by atoms with E-state index in [2.05, 4.69) is 11.9 Å². The highest BCUT2D eigenvalue weighted by atomic mass is 19.4. The van der Waals surface area contributed by atoms with Gasteiger partial charge >= 0.3 is 6.18 Å². The van der Waals surface area contributed by atoms with E-state index in [-0.39, 0.29) is 11.5 Å². The van der Waals surface area contributed by atoms with Gasteiger partial charge in [0.25, 0.3) is 6.01 Å². The summed E-state index contributed by atoms with van der Waals surface area (Å²) in [5, 5.41) is 0. The van der Waals surface area contributed by atoms with E-state index in [1.165, 1.54) is 6.92 Å². The highest BCUT2D eigenvalue weighted by molar-refractivity contribution is 5.30. The predicted molar refractivity (Wildman–Crippen MR) is 61.6 cm³/mol. The molecule has 6 heteroatoms. The van der Waals surface area contributed by atoms with Gasteiger partial charge in [0.1, 0.15) is 5.76 Å². The van der Waals surface area contributed by atoms with E-state index < -0.39 is 12.6 Å². The van der Waals surface area contributed by atoms with Crippen LogP contribution in [0.15, 0.2) is 4.42 Å². The summed E-state index contributed by atoms with van der Waals surface area (Å²) in [5.41, 5.74) is -0.00396. The quantitative estimate of drug-likeness (QED) is 0.818. The predicted octanol–water partition coefficient (Wildman–Crippen LogP) is 3.32. The number of anilines is 1. The zero-order valence-electron chi connectivity index (χ0n) is 10.5. The molecule has 1 aliphatic rings. The monoisotopic (exact) mass is 262 g/mol. The van der Waals surface area contributed by atoms with Gasteiger partial charge < -0.3 is 9.32 Å². The Hall–Kier alpha value is -1.20. The van der Waals surface area contributed by atoms with Gasteiger partial charge in [0.2, 0.25) is 0 Å². The van der Waals surface area contributed by atoms with Crippen molar-refractivity contribution in [2.75, 3.05) is 18.0 Å². The van der Waals surface area contributed by atoms with Crippen molar-refractivity contribution < 1.29 is 17.6 Å². The van der Waals surface area contributed by atoms with E-state index in [1.54, 1.807) is 0 Å². The molecule has 0 aliphatic carbocycles. The van der Waals surface area contributed by atoms with E-state index in [1.807, 2.05) is 4.90 Å². The summed E-state index contributed by atoms with van der Waals surface area (Å²) >= 11 is 0. The Morgan fingerprint density at radius 1 is 1.44 bits per heavy atom. The Kier molecular flexibility index (Phi) is 3.54. The number of aryl methyl sites for hydroxylation is 1. The molecule has 0 radical (unpaired) electrons. The molecule has 3 nitrogen and oxygen atoms in total. The van der Waals surface area contributed by atoms with Crippen LogP contribution in [0.4, 0.5) is 19.2 Å². The van der Waals surface area contributed by atoms with Crippen LogP contribution in [0.3, 0.4) is 0 Å². The van der Waals surface area contributed by atoms with Gasteiger partial charge in [0.15, 0.2) is 0 Å². The van der Waals surface area contributed by atoms with E-state index in [4.69, 9.17) is 4.42 Å². The first-order chi connectivity index (χ1) is 8.35. The average molecular weight is 262 g/mol. The van der Waals surface area contributed by atoms with Crippen molar-refractivity contribution in [2.24, 2.45) is 5.92 Å². The van der Waals surface area contributed by atoms with Crippen molar-refractivity contribution >= 4 is 6.01 Å². The summed E-state index contributed by atoms with van der Waals surface area (Å²) in [4.78, 5) is 5.92. The van der Waals surface area contributed by atoms with Crippen molar-refractivity contribution in [3.05, 3.63) is 11.5 Å². The lowest BCUT2D eigenvalue weighted by Gasteiger charge is -2.29. The summed E-state index contributed by atoms with van der Waals surface area (Å²) < 4.78 is 42.4. The molecule has 1 atom stereocenters. The lowest BCUT2D eigenvalue weighted by atomic mass is 10.0. The zero-order chi connectivity index (χ0) is 13.3. The number of nitrogens with zero attached hydrogens (tertiary/aromatic N) is 2. The average Bonchev–Trinajstić information content (AvgIpc) is 2.58. The Bertz CT molecular complexity index is 414. The molecule has 2 heterocycles. The number of hydrogen-bond acceptors (Lipinski definition) is 3. The Morgan fingerprint density at radius 3 is 2.78 bits per heavy atom. The highest BCUT2D eigenvalue weighted by Crippen LogP contribution is 2.28. The van der Waals surface area contributed by atoms with Crippen LogP contribution in [0.25, 0.3) is 0 Å². The van der Waals surface area contributed by atoms with Crippen LogP contribution in [0.2, 0.25) is 0 Å². The van der Waals surface area contributed by atoms with Crippen LogP contribution in [0.1, 0.15) is 31.2 Å². The van der Waals surface area contributed by atoms with Crippen molar-refractivity contribution in [3.8, 4) is 0 Å². The minimum absolute atomic E-state index is 0.00396. The number of aromatic nitrogens is 1. The summed E-state index contributed by atoms with van der Waals surface area (Å²) in [6.45, 7) is 5.25. The Balaban J connectivity index is 2.13. The summed E-state index contributed by atoms with van der Waals surface area (Å²) in [6, 6.07) is 0.332. The normalized spacial score (nSPS) is 21.4. The molecule has 0 amide bonds. The van der Waals surface area contributed by atoms with Gasteiger partial charge in [-0.15, -0.1) is 0 Å². The van der Waals surface area contributed by atoms with Crippen molar-refractivity contribution in [2.45, 2.75) is 39.3 Å². The maximum Gasteiger partial charge on any atom is 0.394 e. The maximum atomic E-state index is 12.3. The molecule has 2 rings (SSSR count). The van der Waals surface area contributed by atoms with Crippen LogP contribution in [-0.2, 0) is 6.42 Å². The first-order valence-electron chi connectivity index (χ1n) is 6.13. The van der Waals surface area contributed by atoms with Gasteiger partial charge in [-0.1, -0.05) is 6.92 Å². The number of alkyl halides is 3. The molecule has 1 aromatic rings. The van der Waals surface area contributed by atoms with E-state index >= 15 is 0 Å². The summed E-state index contributed by atoms with van der Waals surface area (Å²) in [6.07, 6.45) is -3.09. The third-order valence-corrected chi connectivity index (χ3v) is 3.18. The number of oxazole rings is 1. The summed E-state index contributed by atoms with van der Waals surface area (Å²) in [7, 11) is 0. The number of halogens is 3. The second-order valence-electron chi connectivity index (χ2n) is 4.98. The summed E-state index contributed by atoms with van der Waals surface area (Å²) in [5.74, 6) is 0.789. The number of piperidine rings is 1. The van der Waals surface area contributed by atoms with Crippen molar-refractivity contribution in [1.82, 2.24) is 4.98 Å². The first kappa shape index (κ1) is 13.2. The maximum absolute atomic E-state index is 12.3. The Labute approximate surface area is 104 Å². The SMILES string of the molecule is Cc1oc(N2CCCC(C)C2)nc1CC(F)(F)F. The molecular formula is C12H17F3N2O.